The number of aldehydes is 1. The zero-order valence-corrected chi connectivity index (χ0v) is 19.4. The number of hydrogen-bond acceptors (Lipinski definition) is 6. The number of anilines is 1. The van der Waals surface area contributed by atoms with Crippen LogP contribution in [0.4, 0.5) is 10.1 Å². The first-order valence-electron chi connectivity index (χ1n) is 11.2. The summed E-state index contributed by atoms with van der Waals surface area (Å²) in [6, 6.07) is 4.87. The lowest BCUT2D eigenvalue weighted by atomic mass is 9.98. The summed E-state index contributed by atoms with van der Waals surface area (Å²) in [5, 5.41) is 9.44. The van der Waals surface area contributed by atoms with E-state index in [2.05, 4.69) is 29.1 Å². The fourth-order valence-electron chi connectivity index (χ4n) is 4.04. The van der Waals surface area contributed by atoms with Crippen LogP contribution in [0.1, 0.15) is 40.0 Å². The van der Waals surface area contributed by atoms with Crippen LogP contribution in [-0.4, -0.2) is 43.3 Å². The monoisotopic (exact) mass is 465 g/mol. The van der Waals surface area contributed by atoms with Crippen molar-refractivity contribution in [2.45, 2.75) is 25.3 Å². The highest BCUT2D eigenvalue weighted by molar-refractivity contribution is 6.06. The molecule has 180 valence electrons. The lowest BCUT2D eigenvalue weighted by molar-refractivity contribution is 0.0737. The molecule has 2 aliphatic rings. The van der Waals surface area contributed by atoms with E-state index in [1.807, 2.05) is 6.08 Å². The Morgan fingerprint density at radius 3 is 2.85 bits per heavy atom. The van der Waals surface area contributed by atoms with E-state index in [0.29, 0.717) is 53.9 Å². The molecule has 7 nitrogen and oxygen atoms in total. The van der Waals surface area contributed by atoms with Gasteiger partial charge in [-0.1, -0.05) is 31.4 Å². The average Bonchev–Trinajstić information content (AvgIpc) is 2.82. The molecule has 0 saturated carbocycles. The van der Waals surface area contributed by atoms with Gasteiger partial charge in [0, 0.05) is 48.1 Å². The fraction of sp³-hybridized carbons (Fsp3) is 0.308. The minimum atomic E-state index is -0.282. The number of rotatable bonds is 9. The third kappa shape index (κ3) is 6.15. The summed E-state index contributed by atoms with van der Waals surface area (Å²) in [7, 11) is 1.71. The van der Waals surface area contributed by atoms with Gasteiger partial charge in [0.15, 0.2) is 6.29 Å². The van der Waals surface area contributed by atoms with Crippen LogP contribution in [0.15, 0.2) is 78.7 Å². The highest BCUT2D eigenvalue weighted by Crippen LogP contribution is 2.26. The number of halogens is 1. The molecule has 1 aliphatic heterocycles. The Labute approximate surface area is 200 Å². The van der Waals surface area contributed by atoms with Crippen molar-refractivity contribution in [2.24, 2.45) is 11.7 Å². The molecule has 2 unspecified atom stereocenters. The van der Waals surface area contributed by atoms with E-state index in [0.717, 1.165) is 12.1 Å². The Hall–Kier alpha value is -3.81. The molecule has 1 amide bonds. The van der Waals surface area contributed by atoms with E-state index in [1.54, 1.807) is 42.4 Å². The first kappa shape index (κ1) is 24.8. The molecule has 1 saturated heterocycles. The molecule has 5 N–H and O–H groups in total. The van der Waals surface area contributed by atoms with E-state index < -0.39 is 0 Å². The molecule has 0 bridgehead atoms. The molecule has 1 aromatic carbocycles. The van der Waals surface area contributed by atoms with Crippen LogP contribution in [0.25, 0.3) is 0 Å². The number of nitrogens with zero attached hydrogens (tertiary/aromatic N) is 1. The van der Waals surface area contributed by atoms with Crippen LogP contribution >= 0.6 is 0 Å². The number of allylic oxidation sites excluding steroid dienone is 4. The predicted octanol–water partition coefficient (Wildman–Crippen LogP) is 3.58. The quantitative estimate of drug-likeness (QED) is 0.416. The number of carbonyl (C=O) groups is 2. The van der Waals surface area contributed by atoms with Crippen LogP contribution in [0, 0.1) is 5.92 Å². The van der Waals surface area contributed by atoms with Crippen molar-refractivity contribution in [3.8, 4) is 0 Å². The van der Waals surface area contributed by atoms with E-state index >= 15 is 0 Å². The van der Waals surface area contributed by atoms with Gasteiger partial charge in [0.05, 0.1) is 18.2 Å². The Morgan fingerprint density at radius 2 is 2.18 bits per heavy atom. The third-order valence-corrected chi connectivity index (χ3v) is 5.98. The zero-order valence-electron chi connectivity index (χ0n) is 19.4. The van der Waals surface area contributed by atoms with Gasteiger partial charge in [-0.2, -0.15) is 0 Å². The molecule has 8 heteroatoms. The van der Waals surface area contributed by atoms with Crippen molar-refractivity contribution in [1.82, 2.24) is 15.5 Å². The number of benzene rings is 1. The van der Waals surface area contributed by atoms with Crippen LogP contribution in [0.2, 0.25) is 0 Å². The summed E-state index contributed by atoms with van der Waals surface area (Å²) < 4.78 is 13.1. The molecule has 0 spiro atoms. The van der Waals surface area contributed by atoms with Crippen molar-refractivity contribution in [3.63, 3.8) is 0 Å². The van der Waals surface area contributed by atoms with Gasteiger partial charge in [-0.15, -0.1) is 0 Å². The zero-order chi connectivity index (χ0) is 24.7. The topological polar surface area (TPSA) is 99.5 Å². The van der Waals surface area contributed by atoms with Gasteiger partial charge in [0.25, 0.3) is 5.91 Å². The second-order valence-corrected chi connectivity index (χ2v) is 8.54. The Kier molecular flexibility index (Phi) is 8.29. The van der Waals surface area contributed by atoms with Crippen molar-refractivity contribution in [3.05, 3.63) is 89.8 Å². The van der Waals surface area contributed by atoms with Gasteiger partial charge in [-0.05, 0) is 43.4 Å². The lowest BCUT2D eigenvalue weighted by Crippen LogP contribution is -2.44. The smallest absolute Gasteiger partial charge is 0.256 e. The highest BCUT2D eigenvalue weighted by atomic mass is 19.1. The third-order valence-electron chi connectivity index (χ3n) is 5.98. The average molecular weight is 466 g/mol. The van der Waals surface area contributed by atoms with Crippen molar-refractivity contribution in [1.29, 1.82) is 0 Å². The summed E-state index contributed by atoms with van der Waals surface area (Å²) in [6.07, 6.45) is 9.30. The van der Waals surface area contributed by atoms with Crippen molar-refractivity contribution in [2.75, 3.05) is 25.5 Å². The minimum absolute atomic E-state index is 0.196. The number of carbonyl (C=O) groups excluding carboxylic acids is 2. The lowest BCUT2D eigenvalue weighted by Gasteiger charge is -2.35. The van der Waals surface area contributed by atoms with E-state index in [4.69, 9.17) is 5.73 Å². The Balaban J connectivity index is 1.66. The van der Waals surface area contributed by atoms with Gasteiger partial charge >= 0.3 is 0 Å². The molecular formula is C26H32FN5O2. The van der Waals surface area contributed by atoms with Gasteiger partial charge in [0.1, 0.15) is 5.83 Å². The van der Waals surface area contributed by atoms with Gasteiger partial charge in [0.2, 0.25) is 0 Å². The van der Waals surface area contributed by atoms with Gasteiger partial charge in [-0.3, -0.25) is 9.59 Å². The maximum atomic E-state index is 13.4. The maximum Gasteiger partial charge on any atom is 0.256 e. The fourth-order valence-corrected chi connectivity index (χ4v) is 4.04. The Bertz CT molecular complexity index is 1060. The summed E-state index contributed by atoms with van der Waals surface area (Å²) >= 11 is 0. The van der Waals surface area contributed by atoms with E-state index in [-0.39, 0.29) is 30.2 Å². The molecule has 0 radical (unpaired) electrons. The summed E-state index contributed by atoms with van der Waals surface area (Å²) in [5.41, 5.74) is 9.32. The molecule has 3 rings (SSSR count). The maximum absolute atomic E-state index is 13.4. The number of amides is 1. The molecular weight excluding hydrogens is 433 g/mol. The molecule has 0 aromatic heterocycles. The molecule has 1 fully saturated rings. The molecule has 2 atom stereocenters. The Morgan fingerprint density at radius 1 is 1.38 bits per heavy atom. The predicted molar refractivity (Wildman–Crippen MR) is 134 cm³/mol. The molecule has 1 aromatic rings. The molecule has 34 heavy (non-hydrogen) atoms. The van der Waals surface area contributed by atoms with Crippen LogP contribution in [-0.2, 0) is 0 Å². The second-order valence-electron chi connectivity index (χ2n) is 8.54. The van der Waals surface area contributed by atoms with Crippen molar-refractivity contribution >= 4 is 17.9 Å². The number of hydrogen-bond donors (Lipinski definition) is 4. The SMILES string of the molecule is C=C1CCC(N(C)C(=O)c2c(C=O)cccc2NC/C(N)=C/NCC2C=CC(F)=CC2)C(=C)N1. The molecule has 1 heterocycles. The first-order valence-corrected chi connectivity index (χ1v) is 11.2. The first-order chi connectivity index (χ1) is 16.3. The minimum Gasteiger partial charge on any atom is -0.399 e. The summed E-state index contributed by atoms with van der Waals surface area (Å²) in [6.45, 7) is 8.84. The highest BCUT2D eigenvalue weighted by Gasteiger charge is 2.29. The number of nitrogens with two attached hydrogens (primary N) is 1. The number of likely N-dealkylation sites (N-methyl/N-ethyl adjacent to an activating group) is 1. The second kappa shape index (κ2) is 11.4. The standard InChI is InChI=1S/C26H32FN5O2/c1-17-7-12-24(18(2)31-17)32(3)26(34)25-20(16-33)5-4-6-23(25)30-15-22(28)14-29-13-19-8-10-21(27)11-9-19/h4-6,8,10-11,14,16,19,24,29-31H,1-2,7,9,12-13,15,28H2,3H3/b22-14-. The number of piperidine rings is 1. The van der Waals surface area contributed by atoms with Gasteiger partial charge in [-0.25, -0.2) is 4.39 Å². The van der Waals surface area contributed by atoms with E-state index in [9.17, 15) is 14.0 Å². The number of nitrogens with one attached hydrogen (secondary N) is 3. The van der Waals surface area contributed by atoms with Crippen molar-refractivity contribution < 1.29 is 14.0 Å². The largest absolute Gasteiger partial charge is 0.399 e. The van der Waals surface area contributed by atoms with Gasteiger partial charge < -0.3 is 26.6 Å². The van der Waals surface area contributed by atoms with Crippen LogP contribution < -0.4 is 21.7 Å². The summed E-state index contributed by atoms with van der Waals surface area (Å²) in [5.74, 6) is -0.295. The van der Waals surface area contributed by atoms with Crippen LogP contribution in [0.5, 0.6) is 0 Å². The van der Waals surface area contributed by atoms with E-state index in [1.165, 1.54) is 6.08 Å². The summed E-state index contributed by atoms with van der Waals surface area (Å²) in [4.78, 5) is 26.7. The normalized spacial score (nSPS) is 20.3. The van der Waals surface area contributed by atoms with Crippen LogP contribution in [0.3, 0.4) is 0 Å². The molecule has 1 aliphatic carbocycles.